The molecule has 6 fully saturated rings. The van der Waals surface area contributed by atoms with Gasteiger partial charge in [-0.1, -0.05) is 35.9 Å². The number of aromatic nitrogens is 3. The number of hydrogen-bond donors (Lipinski definition) is 2. The first-order valence-corrected chi connectivity index (χ1v) is 26.7. The molecule has 1 unspecified atom stereocenters. The number of hydrogen-bond acceptors (Lipinski definition) is 10. The van der Waals surface area contributed by atoms with Gasteiger partial charge in [-0.3, -0.25) is 9.29 Å². The maximum absolute atomic E-state index is 14.0. The molecule has 366 valence electrons. The Kier molecular flexibility index (Phi) is 21.5. The third-order valence-electron chi connectivity index (χ3n) is 13.7. The quantitative estimate of drug-likeness (QED) is 0.190. The van der Waals surface area contributed by atoms with E-state index in [0.29, 0.717) is 57.0 Å². The molecular weight excluding hydrogens is 975 g/mol. The van der Waals surface area contributed by atoms with Crippen molar-refractivity contribution in [2.45, 2.75) is 119 Å². The molecule has 2 aliphatic carbocycles. The van der Waals surface area contributed by atoms with E-state index in [9.17, 15) is 30.7 Å². The molecule has 0 bridgehead atoms. The fraction of sp³-hybridized carbons (Fsp3) is 0.625. The minimum absolute atomic E-state index is 0. The van der Waals surface area contributed by atoms with E-state index in [1.54, 1.807) is 37.6 Å². The molecule has 4 aromatic rings. The van der Waals surface area contributed by atoms with Crippen molar-refractivity contribution in [3.63, 3.8) is 0 Å². The zero-order valence-electron chi connectivity index (χ0n) is 39.4. The van der Waals surface area contributed by atoms with Crippen LogP contribution >= 0.6 is 0 Å². The van der Waals surface area contributed by atoms with Gasteiger partial charge in [0, 0.05) is 75.7 Å². The van der Waals surface area contributed by atoms with E-state index in [2.05, 4.69) is 52.4 Å². The first-order chi connectivity index (χ1) is 31.2. The Hall–Kier alpha value is -2.17. The molecule has 1 aromatic heterocycles. The number of halogens is 3. The molecular formula is C48H69BrF2MgN8O5S2. The van der Waals surface area contributed by atoms with Crippen molar-refractivity contribution >= 4 is 54.1 Å². The van der Waals surface area contributed by atoms with Crippen LogP contribution in [0, 0.1) is 29.5 Å². The van der Waals surface area contributed by atoms with E-state index in [4.69, 9.17) is 0 Å². The number of sulfonamides is 2. The average molecular weight is 1040 g/mol. The predicted octanol–water partition coefficient (Wildman–Crippen LogP) is 3.23. The third-order valence-corrected chi connectivity index (χ3v) is 18.5. The van der Waals surface area contributed by atoms with Gasteiger partial charge in [-0.25, -0.2) is 34.5 Å². The topological polar surface area (TPSA) is 144 Å². The van der Waals surface area contributed by atoms with Gasteiger partial charge in [0.1, 0.15) is 11.3 Å². The third kappa shape index (κ3) is 15.2. The summed E-state index contributed by atoms with van der Waals surface area (Å²) >= 11 is 0. The second kappa shape index (κ2) is 25.8. The molecule has 4 aliphatic heterocycles. The molecule has 5 heterocycles. The number of aliphatic hydroxyl groups excluding tert-OH is 1. The van der Waals surface area contributed by atoms with Gasteiger partial charge in [0.25, 0.3) is 0 Å². The summed E-state index contributed by atoms with van der Waals surface area (Å²) in [6.45, 7) is 11.3. The van der Waals surface area contributed by atoms with Gasteiger partial charge in [0.2, 0.25) is 20.0 Å². The molecule has 2 N–H and O–H groups in total. The molecule has 6 aliphatic rings. The number of piperazine rings is 1. The van der Waals surface area contributed by atoms with Gasteiger partial charge in [0.15, 0.2) is 6.23 Å². The average Bonchev–Trinajstić information content (AvgIpc) is 4.26. The van der Waals surface area contributed by atoms with Crippen LogP contribution in [0.4, 0.5) is 8.78 Å². The second-order valence-electron chi connectivity index (χ2n) is 18.8. The van der Waals surface area contributed by atoms with Crippen LogP contribution < -0.4 is 22.3 Å². The van der Waals surface area contributed by atoms with Crippen LogP contribution in [-0.4, -0.2) is 160 Å². The number of aliphatic hydroxyl groups is 1. The number of benzene rings is 3. The summed E-state index contributed by atoms with van der Waals surface area (Å²) in [7, 11) is -4.03. The zero-order chi connectivity index (χ0) is 46.1. The number of likely N-dealkylation sites (N-methyl/N-ethyl adjacent to an activating group) is 1. The molecule has 3 aromatic carbocycles. The van der Waals surface area contributed by atoms with Gasteiger partial charge in [-0.05, 0) is 127 Å². The minimum Gasteiger partial charge on any atom is -1.00 e. The largest absolute Gasteiger partial charge is 2.00 e. The van der Waals surface area contributed by atoms with Crippen LogP contribution in [0.25, 0.3) is 11.0 Å². The number of para-hydroxylation sites is 1. The number of piperidine rings is 3. The van der Waals surface area contributed by atoms with Crippen molar-refractivity contribution in [3.8, 4) is 0 Å². The molecule has 0 amide bonds. The number of fused-ring (bicyclic) bond motifs is 1. The van der Waals surface area contributed by atoms with Gasteiger partial charge < -0.3 is 32.3 Å². The summed E-state index contributed by atoms with van der Waals surface area (Å²) < 4.78 is 80.3. The molecule has 67 heavy (non-hydrogen) atoms. The van der Waals surface area contributed by atoms with Crippen molar-refractivity contribution in [3.05, 3.63) is 96.1 Å². The van der Waals surface area contributed by atoms with Crippen LogP contribution in [0.5, 0.6) is 0 Å². The number of rotatable bonds is 9. The van der Waals surface area contributed by atoms with Gasteiger partial charge >= 0.3 is 23.1 Å². The Morgan fingerprint density at radius 1 is 0.746 bits per heavy atom. The monoisotopic (exact) mass is 1040 g/mol. The van der Waals surface area contributed by atoms with Crippen molar-refractivity contribution in [1.29, 1.82) is 0 Å². The summed E-state index contributed by atoms with van der Waals surface area (Å²) in [5.74, 6) is -0.0535. The fourth-order valence-electron chi connectivity index (χ4n) is 9.77. The van der Waals surface area contributed by atoms with E-state index < -0.39 is 26.3 Å². The van der Waals surface area contributed by atoms with Crippen molar-refractivity contribution in [2.75, 3.05) is 59.4 Å². The number of likely N-dealkylation sites (tertiary alicyclic amines) is 1. The Bertz CT molecular complexity index is 2330. The van der Waals surface area contributed by atoms with Gasteiger partial charge in [-0.15, -0.1) is 17.2 Å². The number of nitrogens with one attached hydrogen (secondary N) is 1. The maximum Gasteiger partial charge on any atom is 2.00 e. The minimum atomic E-state index is -3.11. The van der Waals surface area contributed by atoms with E-state index in [-0.39, 0.29) is 74.1 Å². The summed E-state index contributed by atoms with van der Waals surface area (Å²) in [5.41, 5.74) is 2.60. The van der Waals surface area contributed by atoms with E-state index in [0.717, 1.165) is 68.2 Å². The van der Waals surface area contributed by atoms with Crippen molar-refractivity contribution < 1.29 is 47.7 Å². The first-order valence-electron chi connectivity index (χ1n) is 23.7. The molecule has 0 radical (unpaired) electrons. The molecule has 4 atom stereocenters. The molecule has 10 rings (SSSR count). The van der Waals surface area contributed by atoms with Gasteiger partial charge in [-0.2, -0.15) is 18.2 Å². The maximum atomic E-state index is 14.0. The first kappa shape index (κ1) is 55.7. The van der Waals surface area contributed by atoms with E-state index in [1.165, 1.54) is 50.6 Å². The van der Waals surface area contributed by atoms with E-state index >= 15 is 0 Å². The van der Waals surface area contributed by atoms with Crippen LogP contribution in [0.2, 0.25) is 0 Å². The molecule has 13 nitrogen and oxygen atoms in total. The zero-order valence-corrected chi connectivity index (χ0v) is 44.0. The van der Waals surface area contributed by atoms with Crippen LogP contribution in [0.3, 0.4) is 0 Å². The fourth-order valence-corrected chi connectivity index (χ4v) is 13.5. The van der Waals surface area contributed by atoms with Crippen LogP contribution in [-0.2, 0) is 20.0 Å². The Balaban J connectivity index is 0.000000189. The molecule has 2 saturated carbocycles. The number of nitrogens with zero attached hydrogens (tertiary/aromatic N) is 7. The summed E-state index contributed by atoms with van der Waals surface area (Å²) in [5, 5.41) is 21.8. The van der Waals surface area contributed by atoms with Crippen molar-refractivity contribution in [2.24, 2.45) is 11.8 Å². The summed E-state index contributed by atoms with van der Waals surface area (Å²) in [6, 6.07) is 24.4. The summed E-state index contributed by atoms with van der Waals surface area (Å²) in [4.78, 5) is 4.90. The van der Waals surface area contributed by atoms with Crippen LogP contribution in [0.15, 0.2) is 72.8 Å². The van der Waals surface area contributed by atoms with Gasteiger partial charge in [0.05, 0.1) is 16.0 Å². The molecule has 19 heteroatoms. The Morgan fingerprint density at radius 2 is 1.36 bits per heavy atom. The second-order valence-corrected chi connectivity index (χ2v) is 23.2. The Labute approximate surface area is 424 Å². The predicted molar refractivity (Wildman–Crippen MR) is 256 cm³/mol. The van der Waals surface area contributed by atoms with E-state index in [1.807, 2.05) is 30.3 Å². The normalized spacial score (nSPS) is 23.7. The van der Waals surface area contributed by atoms with Crippen LogP contribution in [0.1, 0.15) is 102 Å². The molecule has 4 saturated heterocycles. The standard InChI is InChI=1S/C21H31FN2O2S.C15H20N4O3S.C6H4F.C6H14N2.BrH.Mg/c1-16-5-2-3-12-24(16)21(18-6-4-7-19(22)15-18)17-10-13-23(14-11-17)27(25,26)20-8-9-20;20-15(19-14-4-2-1-3-13(14)16-17-19)11-7-9-18(10-8-11)23(21,22)12-5-6-12;7-6-4-2-1-3-5-6;1-6-5-8(2)4-3-7-6;;/h4,6-7,15-17,20-21H,2-3,5,8-14H2,1H3;1-4,11-12,15,20H,5-10H2;1-2,4-5H;6-7H,3-5H2,1-2H3;1H;/q;;-1;;;+2/p-1/t16-,21+;;;6-;;/m0..0../s1. The SMILES string of the molecule is C[C@H]1CCCCN1[C@@H](c1cccc(F)c1)C1CCN(S(=O)(=O)C2CC2)CC1.C[C@H]1CN(C)CCN1.Fc1c[c-]ccc1.O=S(=O)(C1CC1)N1CCC(C(O)n2nnc3ccccc32)CC1.[Br-].[Mg+2]. The van der Waals surface area contributed by atoms with Crippen molar-refractivity contribution in [1.82, 2.24) is 38.7 Å². The smallest absolute Gasteiger partial charge is 1.00 e. The Morgan fingerprint density at radius 3 is 1.87 bits per heavy atom. The summed E-state index contributed by atoms with van der Waals surface area (Å²) in [6.07, 6.45) is 9.06. The molecule has 0 spiro atoms.